The molecule has 0 aliphatic carbocycles. The summed E-state index contributed by atoms with van der Waals surface area (Å²) in [5.41, 5.74) is 2.09. The second-order valence-corrected chi connectivity index (χ2v) is 5.82. The van der Waals surface area contributed by atoms with Crippen molar-refractivity contribution >= 4 is 11.6 Å². The number of rotatable bonds is 5. The van der Waals surface area contributed by atoms with Gasteiger partial charge in [0.15, 0.2) is 0 Å². The molecule has 0 aromatic heterocycles. The summed E-state index contributed by atoms with van der Waals surface area (Å²) in [5, 5.41) is 19.5. The third kappa shape index (κ3) is 4.38. The maximum absolute atomic E-state index is 9.55. The average Bonchev–Trinajstić information content (AvgIpc) is 2.45. The summed E-state index contributed by atoms with van der Waals surface area (Å²) in [5.74, 6) is 0.514. The van der Waals surface area contributed by atoms with Gasteiger partial charge < -0.3 is 10.2 Å². The highest BCUT2D eigenvalue weighted by molar-refractivity contribution is 6.31. The Morgan fingerprint density at radius 2 is 1.67 bits per heavy atom. The fraction of sp³-hybridized carbons (Fsp3) is 0.294. The van der Waals surface area contributed by atoms with Gasteiger partial charge >= 0.3 is 0 Å². The van der Waals surface area contributed by atoms with E-state index < -0.39 is 0 Å². The van der Waals surface area contributed by atoms with Gasteiger partial charge in [0, 0.05) is 17.6 Å². The van der Waals surface area contributed by atoms with Crippen molar-refractivity contribution in [1.82, 2.24) is 4.90 Å². The largest absolute Gasteiger partial charge is 0.508 e. The highest BCUT2D eigenvalue weighted by Crippen LogP contribution is 2.23. The number of likely N-dealkylation sites (N-methyl/N-ethyl adjacent to an activating group) is 1. The molecule has 2 aromatic rings. The summed E-state index contributed by atoms with van der Waals surface area (Å²) in [6.07, 6.45) is 0.882. The van der Waals surface area contributed by atoms with Gasteiger partial charge in [0.2, 0.25) is 0 Å². The Bertz CT molecular complexity index is 598. The first-order valence-electron chi connectivity index (χ1n) is 6.91. The van der Waals surface area contributed by atoms with Crippen LogP contribution in [-0.2, 0) is 13.0 Å². The lowest BCUT2D eigenvalue weighted by molar-refractivity contribution is 0.248. The topological polar surface area (TPSA) is 43.7 Å². The molecule has 0 fully saturated rings. The molecule has 1 atom stereocenters. The molecule has 21 heavy (non-hydrogen) atoms. The third-order valence-corrected chi connectivity index (χ3v) is 4.04. The van der Waals surface area contributed by atoms with Gasteiger partial charge in [-0.15, -0.1) is 0 Å². The molecule has 0 saturated carbocycles. The first kappa shape index (κ1) is 15.7. The lowest BCUT2D eigenvalue weighted by atomic mass is 10.1. The minimum absolute atomic E-state index is 0.231. The van der Waals surface area contributed by atoms with Crippen molar-refractivity contribution in [3.8, 4) is 11.5 Å². The molecule has 0 spiro atoms. The molecule has 0 amide bonds. The summed E-state index contributed by atoms with van der Waals surface area (Å²) in [6.45, 7) is 2.82. The Hall–Kier alpha value is -1.71. The first-order valence-corrected chi connectivity index (χ1v) is 7.29. The Labute approximate surface area is 130 Å². The maximum atomic E-state index is 9.55. The second-order valence-electron chi connectivity index (χ2n) is 5.41. The number of aromatic hydroxyl groups is 2. The summed E-state index contributed by atoms with van der Waals surface area (Å²) < 4.78 is 0. The smallest absolute Gasteiger partial charge is 0.116 e. The average molecular weight is 306 g/mol. The Morgan fingerprint density at radius 3 is 2.33 bits per heavy atom. The minimum Gasteiger partial charge on any atom is -0.508 e. The van der Waals surface area contributed by atoms with Gasteiger partial charge in [0.25, 0.3) is 0 Å². The van der Waals surface area contributed by atoms with E-state index >= 15 is 0 Å². The van der Waals surface area contributed by atoms with Crippen molar-refractivity contribution in [3.63, 3.8) is 0 Å². The van der Waals surface area contributed by atoms with Crippen LogP contribution < -0.4 is 0 Å². The number of hydrogen-bond acceptors (Lipinski definition) is 3. The molecule has 0 radical (unpaired) electrons. The number of nitrogens with zero attached hydrogens (tertiary/aromatic N) is 1. The van der Waals surface area contributed by atoms with Gasteiger partial charge in [-0.05, 0) is 61.9 Å². The van der Waals surface area contributed by atoms with Crippen molar-refractivity contribution in [2.45, 2.75) is 25.9 Å². The van der Waals surface area contributed by atoms with E-state index in [4.69, 9.17) is 11.6 Å². The Kier molecular flexibility index (Phi) is 5.10. The lowest BCUT2D eigenvalue weighted by Gasteiger charge is -2.25. The Morgan fingerprint density at radius 1 is 1.05 bits per heavy atom. The fourth-order valence-electron chi connectivity index (χ4n) is 2.24. The summed E-state index contributed by atoms with van der Waals surface area (Å²) in [6, 6.07) is 12.6. The maximum Gasteiger partial charge on any atom is 0.116 e. The molecule has 4 heteroatoms. The Balaban J connectivity index is 2.00. The molecule has 1 unspecified atom stereocenters. The van der Waals surface area contributed by atoms with Gasteiger partial charge in [0.1, 0.15) is 11.5 Å². The van der Waals surface area contributed by atoms with Crippen molar-refractivity contribution in [2.75, 3.05) is 7.05 Å². The van der Waals surface area contributed by atoms with Gasteiger partial charge in [-0.3, -0.25) is 4.90 Å². The summed E-state index contributed by atoms with van der Waals surface area (Å²) in [7, 11) is 2.03. The molecule has 0 aliphatic heterocycles. The SMILES string of the molecule is CC(Cc1ccc(O)cc1)N(C)Cc1cc(O)ccc1Cl. The molecule has 2 rings (SSSR count). The normalized spacial score (nSPS) is 12.6. The van der Waals surface area contributed by atoms with E-state index in [0.29, 0.717) is 17.6 Å². The molecule has 2 aromatic carbocycles. The van der Waals surface area contributed by atoms with Crippen LogP contribution in [0.15, 0.2) is 42.5 Å². The van der Waals surface area contributed by atoms with E-state index in [9.17, 15) is 10.2 Å². The van der Waals surface area contributed by atoms with Gasteiger partial charge in [-0.25, -0.2) is 0 Å². The van der Waals surface area contributed by atoms with Crippen LogP contribution in [0.3, 0.4) is 0 Å². The number of phenols is 2. The van der Waals surface area contributed by atoms with Crippen LogP contribution in [0.4, 0.5) is 0 Å². The standard InChI is InChI=1S/C17H20ClNO2/c1-12(9-13-3-5-15(20)6-4-13)19(2)11-14-10-16(21)7-8-17(14)18/h3-8,10,12,20-21H,9,11H2,1-2H3. The minimum atomic E-state index is 0.231. The van der Waals surface area contributed by atoms with E-state index in [2.05, 4.69) is 11.8 Å². The molecule has 0 aliphatic rings. The van der Waals surface area contributed by atoms with E-state index in [1.165, 1.54) is 5.56 Å². The number of hydrogen-bond donors (Lipinski definition) is 2. The quantitative estimate of drug-likeness (QED) is 0.882. The first-order chi connectivity index (χ1) is 9.95. The van der Waals surface area contributed by atoms with Crippen LogP contribution in [0, 0.1) is 0 Å². The van der Waals surface area contributed by atoms with Gasteiger partial charge in [-0.2, -0.15) is 0 Å². The molecule has 0 heterocycles. The fourth-order valence-corrected chi connectivity index (χ4v) is 2.41. The molecule has 0 saturated heterocycles. The van der Waals surface area contributed by atoms with Crippen LogP contribution in [0.5, 0.6) is 11.5 Å². The van der Waals surface area contributed by atoms with Crippen molar-refractivity contribution in [2.24, 2.45) is 0 Å². The van der Waals surface area contributed by atoms with Gasteiger partial charge in [0.05, 0.1) is 0 Å². The predicted molar refractivity (Wildman–Crippen MR) is 85.9 cm³/mol. The van der Waals surface area contributed by atoms with Crippen LogP contribution in [-0.4, -0.2) is 28.2 Å². The predicted octanol–water partition coefficient (Wildman–Crippen LogP) is 3.81. The second kappa shape index (κ2) is 6.83. The van der Waals surface area contributed by atoms with E-state index in [-0.39, 0.29) is 11.5 Å². The van der Waals surface area contributed by atoms with Crippen LogP contribution in [0.25, 0.3) is 0 Å². The van der Waals surface area contributed by atoms with Crippen LogP contribution >= 0.6 is 11.6 Å². The number of halogens is 1. The zero-order chi connectivity index (χ0) is 15.4. The van der Waals surface area contributed by atoms with E-state index in [0.717, 1.165) is 12.0 Å². The van der Waals surface area contributed by atoms with Crippen LogP contribution in [0.1, 0.15) is 18.1 Å². The molecular formula is C17H20ClNO2. The number of benzene rings is 2. The van der Waals surface area contributed by atoms with Crippen molar-refractivity contribution < 1.29 is 10.2 Å². The summed E-state index contributed by atoms with van der Waals surface area (Å²) >= 11 is 6.16. The van der Waals surface area contributed by atoms with Crippen LogP contribution in [0.2, 0.25) is 5.02 Å². The molecule has 0 bridgehead atoms. The molecule has 2 N–H and O–H groups in total. The van der Waals surface area contributed by atoms with Crippen molar-refractivity contribution in [3.05, 3.63) is 58.6 Å². The van der Waals surface area contributed by atoms with E-state index in [1.54, 1.807) is 30.3 Å². The lowest BCUT2D eigenvalue weighted by Crippen LogP contribution is -2.30. The third-order valence-electron chi connectivity index (χ3n) is 3.67. The highest BCUT2D eigenvalue weighted by Gasteiger charge is 2.12. The number of phenolic OH excluding ortho intramolecular Hbond substituents is 2. The molecule has 112 valence electrons. The van der Waals surface area contributed by atoms with Gasteiger partial charge in [-0.1, -0.05) is 23.7 Å². The van der Waals surface area contributed by atoms with Crippen molar-refractivity contribution in [1.29, 1.82) is 0 Å². The monoisotopic (exact) mass is 305 g/mol. The molecule has 3 nitrogen and oxygen atoms in total. The summed E-state index contributed by atoms with van der Waals surface area (Å²) in [4.78, 5) is 2.19. The molecular weight excluding hydrogens is 286 g/mol. The zero-order valence-corrected chi connectivity index (χ0v) is 13.0. The highest BCUT2D eigenvalue weighted by atomic mass is 35.5. The van der Waals surface area contributed by atoms with E-state index in [1.807, 2.05) is 19.2 Å². The zero-order valence-electron chi connectivity index (χ0n) is 12.3.